The Morgan fingerprint density at radius 1 is 1.19 bits per heavy atom. The van der Waals surface area contributed by atoms with Gasteiger partial charge in [0.25, 0.3) is 0 Å². The largest absolute Gasteiger partial charge is 0.480 e. The molecule has 122 valence electrons. The number of carbonyl (C=O) groups is 2. The maximum absolute atomic E-state index is 12.0. The smallest absolute Gasteiger partial charge is 0.326 e. The van der Waals surface area contributed by atoms with Gasteiger partial charge in [0.2, 0.25) is 0 Å². The summed E-state index contributed by atoms with van der Waals surface area (Å²) in [6, 6.07) is -1.08. The number of hydrogen-bond donors (Lipinski definition) is 3. The van der Waals surface area contributed by atoms with Gasteiger partial charge in [0.1, 0.15) is 6.04 Å². The van der Waals surface area contributed by atoms with Gasteiger partial charge in [-0.05, 0) is 36.5 Å². The second kappa shape index (κ2) is 6.67. The van der Waals surface area contributed by atoms with Gasteiger partial charge < -0.3 is 15.7 Å². The molecule has 1 saturated carbocycles. The summed E-state index contributed by atoms with van der Waals surface area (Å²) in [7, 11) is 0. The zero-order valence-corrected chi connectivity index (χ0v) is 14.0. The van der Waals surface area contributed by atoms with Crippen LogP contribution >= 0.6 is 0 Å². The molecule has 1 atom stereocenters. The average molecular weight is 298 g/mol. The Morgan fingerprint density at radius 2 is 1.71 bits per heavy atom. The van der Waals surface area contributed by atoms with E-state index in [-0.39, 0.29) is 22.9 Å². The Kier molecular flexibility index (Phi) is 5.65. The van der Waals surface area contributed by atoms with E-state index in [0.29, 0.717) is 6.42 Å². The average Bonchev–Trinajstić information content (AvgIpc) is 2.23. The Bertz CT molecular complexity index is 375. The van der Waals surface area contributed by atoms with Crippen molar-refractivity contribution in [2.24, 2.45) is 10.8 Å². The Labute approximate surface area is 127 Å². The molecule has 1 fully saturated rings. The molecule has 2 amide bonds. The van der Waals surface area contributed by atoms with Gasteiger partial charge in [-0.15, -0.1) is 0 Å². The summed E-state index contributed by atoms with van der Waals surface area (Å²) >= 11 is 0. The maximum atomic E-state index is 12.0. The first-order valence-corrected chi connectivity index (χ1v) is 7.84. The predicted octanol–water partition coefficient (Wildman–Crippen LogP) is 3.14. The van der Waals surface area contributed by atoms with E-state index in [1.165, 1.54) is 0 Å². The minimum Gasteiger partial charge on any atom is -0.480 e. The number of urea groups is 1. The Hall–Kier alpha value is -1.26. The highest BCUT2D eigenvalue weighted by Crippen LogP contribution is 2.45. The van der Waals surface area contributed by atoms with E-state index in [2.05, 4.69) is 38.3 Å². The van der Waals surface area contributed by atoms with Crippen molar-refractivity contribution in [3.05, 3.63) is 0 Å². The molecule has 1 rings (SSSR count). The molecule has 0 aromatic rings. The number of rotatable bonds is 5. The minimum absolute atomic E-state index is 0.0971. The number of carboxylic acids is 1. The molecule has 21 heavy (non-hydrogen) atoms. The van der Waals surface area contributed by atoms with Crippen LogP contribution in [0, 0.1) is 10.8 Å². The third kappa shape index (κ3) is 5.94. The monoisotopic (exact) mass is 298 g/mol. The number of carbonyl (C=O) groups excluding carboxylic acids is 1. The van der Waals surface area contributed by atoms with E-state index in [1.54, 1.807) is 0 Å². The van der Waals surface area contributed by atoms with Crippen LogP contribution in [0.2, 0.25) is 0 Å². The lowest BCUT2D eigenvalue weighted by atomic mass is 9.63. The summed E-state index contributed by atoms with van der Waals surface area (Å²) in [6.07, 6.45) is 4.16. The fraction of sp³-hybridized carbons (Fsp3) is 0.875. The molecule has 0 radical (unpaired) electrons. The van der Waals surface area contributed by atoms with Gasteiger partial charge >= 0.3 is 12.0 Å². The molecule has 1 aliphatic carbocycles. The Balaban J connectivity index is 2.59. The van der Waals surface area contributed by atoms with E-state index in [0.717, 1.165) is 25.7 Å². The van der Waals surface area contributed by atoms with Gasteiger partial charge in [-0.1, -0.05) is 41.0 Å². The molecular weight excluding hydrogens is 268 g/mol. The summed E-state index contributed by atoms with van der Waals surface area (Å²) in [5, 5.41) is 14.6. The van der Waals surface area contributed by atoms with E-state index in [9.17, 15) is 9.59 Å². The van der Waals surface area contributed by atoms with Crippen molar-refractivity contribution in [2.75, 3.05) is 0 Å². The first-order valence-electron chi connectivity index (χ1n) is 7.84. The van der Waals surface area contributed by atoms with E-state index in [1.807, 2.05) is 6.92 Å². The van der Waals surface area contributed by atoms with Gasteiger partial charge in [0, 0.05) is 6.04 Å². The molecule has 1 aliphatic rings. The van der Waals surface area contributed by atoms with Crippen LogP contribution in [0.1, 0.15) is 66.7 Å². The molecule has 5 heteroatoms. The number of nitrogens with one attached hydrogen (secondary N) is 2. The van der Waals surface area contributed by atoms with E-state index in [4.69, 9.17) is 5.11 Å². The lowest BCUT2D eigenvalue weighted by Gasteiger charge is -2.45. The lowest BCUT2D eigenvalue weighted by Crippen LogP contribution is -2.52. The first kappa shape index (κ1) is 17.8. The second-order valence-electron chi connectivity index (χ2n) is 7.91. The topological polar surface area (TPSA) is 78.4 Å². The van der Waals surface area contributed by atoms with Crippen molar-refractivity contribution in [3.63, 3.8) is 0 Å². The van der Waals surface area contributed by atoms with Crippen LogP contribution in [0.4, 0.5) is 4.79 Å². The molecule has 0 aromatic heterocycles. The molecule has 0 spiro atoms. The normalized spacial score (nSPS) is 22.3. The number of amides is 2. The summed E-state index contributed by atoms with van der Waals surface area (Å²) in [5.74, 6) is -0.976. The summed E-state index contributed by atoms with van der Waals surface area (Å²) in [4.78, 5) is 23.1. The molecule has 0 bridgehead atoms. The van der Waals surface area contributed by atoms with Crippen LogP contribution < -0.4 is 10.6 Å². The van der Waals surface area contributed by atoms with Crippen LogP contribution in [0.3, 0.4) is 0 Å². The van der Waals surface area contributed by atoms with Gasteiger partial charge in [0.15, 0.2) is 0 Å². The van der Waals surface area contributed by atoms with Crippen LogP contribution in [-0.2, 0) is 4.79 Å². The van der Waals surface area contributed by atoms with Crippen molar-refractivity contribution in [1.82, 2.24) is 10.6 Å². The maximum Gasteiger partial charge on any atom is 0.326 e. The van der Waals surface area contributed by atoms with Crippen molar-refractivity contribution in [3.8, 4) is 0 Å². The second-order valence-corrected chi connectivity index (χ2v) is 7.91. The van der Waals surface area contributed by atoms with Crippen molar-refractivity contribution in [2.45, 2.75) is 78.8 Å². The van der Waals surface area contributed by atoms with Crippen molar-refractivity contribution < 1.29 is 14.7 Å². The molecule has 0 aromatic carbocycles. The van der Waals surface area contributed by atoms with Crippen molar-refractivity contribution in [1.29, 1.82) is 0 Å². The minimum atomic E-state index is -0.976. The molecule has 5 nitrogen and oxygen atoms in total. The zero-order valence-electron chi connectivity index (χ0n) is 14.0. The SMILES string of the molecule is CCC[C@@H](NC(=O)NC1CC(C)(C)CC(C)(C)C1)C(=O)O. The standard InChI is InChI=1S/C16H30N2O3/c1-6-7-12(13(19)20)18-14(21)17-11-8-15(2,3)10-16(4,5)9-11/h11-12H,6-10H2,1-5H3,(H,19,20)(H2,17,18,21)/t12-/m1/s1. The van der Waals surface area contributed by atoms with Gasteiger partial charge in [0.05, 0.1) is 0 Å². The quantitative estimate of drug-likeness (QED) is 0.729. The summed E-state index contributed by atoms with van der Waals surface area (Å²) in [6.45, 7) is 10.8. The van der Waals surface area contributed by atoms with Crippen LogP contribution in [0.25, 0.3) is 0 Å². The molecule has 0 aliphatic heterocycles. The first-order chi connectivity index (χ1) is 9.54. The van der Waals surface area contributed by atoms with Crippen molar-refractivity contribution >= 4 is 12.0 Å². The predicted molar refractivity (Wildman–Crippen MR) is 83.2 cm³/mol. The fourth-order valence-corrected chi connectivity index (χ4v) is 3.88. The fourth-order valence-electron chi connectivity index (χ4n) is 3.88. The van der Waals surface area contributed by atoms with Crippen LogP contribution in [0.5, 0.6) is 0 Å². The van der Waals surface area contributed by atoms with Crippen LogP contribution in [-0.4, -0.2) is 29.2 Å². The molecular formula is C16H30N2O3. The number of hydrogen-bond acceptors (Lipinski definition) is 2. The van der Waals surface area contributed by atoms with Crippen LogP contribution in [0.15, 0.2) is 0 Å². The highest BCUT2D eigenvalue weighted by molar-refractivity contribution is 5.82. The highest BCUT2D eigenvalue weighted by atomic mass is 16.4. The van der Waals surface area contributed by atoms with E-state index < -0.39 is 12.0 Å². The Morgan fingerprint density at radius 3 is 2.14 bits per heavy atom. The third-order valence-corrected chi connectivity index (χ3v) is 4.07. The number of carboxylic acid groups (broad SMARTS) is 1. The molecule has 0 unspecified atom stereocenters. The molecule has 3 N–H and O–H groups in total. The lowest BCUT2D eigenvalue weighted by molar-refractivity contribution is -0.139. The van der Waals surface area contributed by atoms with Gasteiger partial charge in [-0.2, -0.15) is 0 Å². The van der Waals surface area contributed by atoms with Gasteiger partial charge in [-0.25, -0.2) is 9.59 Å². The molecule has 0 saturated heterocycles. The third-order valence-electron chi connectivity index (χ3n) is 4.07. The molecule has 0 heterocycles. The van der Waals surface area contributed by atoms with E-state index >= 15 is 0 Å². The zero-order chi connectivity index (χ0) is 16.3. The van der Waals surface area contributed by atoms with Gasteiger partial charge in [-0.3, -0.25) is 0 Å². The summed E-state index contributed by atoms with van der Waals surface area (Å²) < 4.78 is 0. The summed E-state index contributed by atoms with van der Waals surface area (Å²) in [5.41, 5.74) is 0.380. The number of aliphatic carboxylic acids is 1. The highest BCUT2D eigenvalue weighted by Gasteiger charge is 2.39.